The van der Waals surface area contributed by atoms with Gasteiger partial charge in [0.1, 0.15) is 12.4 Å². The fourth-order valence-electron chi connectivity index (χ4n) is 2.55. The Balaban J connectivity index is 1.62. The summed E-state index contributed by atoms with van der Waals surface area (Å²) < 4.78 is 52.5. The Morgan fingerprint density at radius 2 is 2.03 bits per heavy atom. The van der Waals surface area contributed by atoms with E-state index >= 15 is 0 Å². The molecule has 0 bridgehead atoms. The van der Waals surface area contributed by atoms with Crippen molar-refractivity contribution >= 4 is 6.09 Å². The van der Waals surface area contributed by atoms with Crippen molar-refractivity contribution in [2.24, 2.45) is 0 Å². The lowest BCUT2D eigenvalue weighted by Crippen LogP contribution is -2.24. The number of pyridine rings is 1. The quantitative estimate of drug-likeness (QED) is 0.643. The van der Waals surface area contributed by atoms with Crippen molar-refractivity contribution in [2.75, 3.05) is 7.11 Å². The van der Waals surface area contributed by atoms with Gasteiger partial charge in [-0.05, 0) is 24.6 Å². The van der Waals surface area contributed by atoms with E-state index in [-0.39, 0.29) is 24.5 Å². The van der Waals surface area contributed by atoms with Crippen molar-refractivity contribution in [1.29, 1.82) is 0 Å². The highest BCUT2D eigenvalue weighted by atomic mass is 19.4. The number of aromatic nitrogens is 3. The zero-order valence-electron chi connectivity index (χ0n) is 16.0. The standard InChI is InChI=1S/C19H17F3N4O4/c1-11-5-12(8-23-7-11)10-29-18(27)24-9-14-4-3-13(6-15(14)28-2)16-25-17(30-26-16)19(20,21)22/h3-8H,9-10H2,1-2H3,(H,24,27). The average molecular weight is 422 g/mol. The number of hydrogen-bond donors (Lipinski definition) is 1. The molecule has 8 nitrogen and oxygen atoms in total. The Morgan fingerprint density at radius 1 is 1.23 bits per heavy atom. The van der Waals surface area contributed by atoms with E-state index in [0.29, 0.717) is 11.3 Å². The average Bonchev–Trinajstić information content (AvgIpc) is 3.21. The highest BCUT2D eigenvalue weighted by Gasteiger charge is 2.38. The lowest BCUT2D eigenvalue weighted by Gasteiger charge is -2.11. The topological polar surface area (TPSA) is 99.4 Å². The van der Waals surface area contributed by atoms with Crippen LogP contribution in [0.15, 0.2) is 41.2 Å². The first-order valence-electron chi connectivity index (χ1n) is 8.65. The van der Waals surface area contributed by atoms with E-state index in [1.165, 1.54) is 19.2 Å². The predicted octanol–water partition coefficient (Wildman–Crippen LogP) is 3.89. The van der Waals surface area contributed by atoms with Crippen LogP contribution in [-0.4, -0.2) is 28.3 Å². The molecule has 158 valence electrons. The Hall–Kier alpha value is -3.63. The van der Waals surface area contributed by atoms with E-state index in [4.69, 9.17) is 9.47 Å². The molecule has 11 heteroatoms. The highest BCUT2D eigenvalue weighted by Crippen LogP contribution is 2.31. The van der Waals surface area contributed by atoms with Crippen LogP contribution >= 0.6 is 0 Å². The number of hydrogen-bond acceptors (Lipinski definition) is 7. The van der Waals surface area contributed by atoms with Gasteiger partial charge in [-0.2, -0.15) is 18.2 Å². The van der Waals surface area contributed by atoms with Crippen molar-refractivity contribution in [3.8, 4) is 17.1 Å². The molecule has 0 aliphatic carbocycles. The Morgan fingerprint density at radius 3 is 2.70 bits per heavy atom. The number of methoxy groups -OCH3 is 1. The van der Waals surface area contributed by atoms with Gasteiger partial charge in [0.05, 0.1) is 7.11 Å². The van der Waals surface area contributed by atoms with Crippen LogP contribution in [0.3, 0.4) is 0 Å². The molecule has 1 aromatic carbocycles. The number of ether oxygens (including phenoxy) is 2. The monoisotopic (exact) mass is 422 g/mol. The molecule has 0 atom stereocenters. The van der Waals surface area contributed by atoms with Crippen LogP contribution in [0.4, 0.5) is 18.0 Å². The Bertz CT molecular complexity index is 1040. The van der Waals surface area contributed by atoms with Gasteiger partial charge in [0, 0.05) is 35.6 Å². The summed E-state index contributed by atoms with van der Waals surface area (Å²) in [6.45, 7) is 2.02. The summed E-state index contributed by atoms with van der Waals surface area (Å²) in [6.07, 6.45) is -2.08. The van der Waals surface area contributed by atoms with E-state index in [1.807, 2.05) is 13.0 Å². The number of benzene rings is 1. The number of amides is 1. The van der Waals surface area contributed by atoms with E-state index in [9.17, 15) is 18.0 Å². The van der Waals surface area contributed by atoms with Gasteiger partial charge >= 0.3 is 18.2 Å². The lowest BCUT2D eigenvalue weighted by molar-refractivity contribution is -0.159. The summed E-state index contributed by atoms with van der Waals surface area (Å²) in [6, 6.07) is 6.37. The summed E-state index contributed by atoms with van der Waals surface area (Å²) in [4.78, 5) is 19.3. The fourth-order valence-corrected chi connectivity index (χ4v) is 2.55. The zero-order valence-corrected chi connectivity index (χ0v) is 16.0. The molecular formula is C19H17F3N4O4. The summed E-state index contributed by atoms with van der Waals surface area (Å²) >= 11 is 0. The molecular weight excluding hydrogens is 405 g/mol. The van der Waals surface area contributed by atoms with Crippen LogP contribution in [0.2, 0.25) is 0 Å². The fraction of sp³-hybridized carbons (Fsp3) is 0.263. The smallest absolute Gasteiger partial charge is 0.471 e. The molecule has 0 fully saturated rings. The number of nitrogens with zero attached hydrogens (tertiary/aromatic N) is 3. The van der Waals surface area contributed by atoms with Crippen molar-refractivity contribution in [3.63, 3.8) is 0 Å². The number of aryl methyl sites for hydroxylation is 1. The van der Waals surface area contributed by atoms with Crippen molar-refractivity contribution < 1.29 is 32.0 Å². The van der Waals surface area contributed by atoms with Gasteiger partial charge in [-0.3, -0.25) is 4.98 Å². The van der Waals surface area contributed by atoms with Gasteiger partial charge in [0.25, 0.3) is 0 Å². The molecule has 0 saturated carbocycles. The summed E-state index contributed by atoms with van der Waals surface area (Å²) in [7, 11) is 1.39. The molecule has 3 rings (SSSR count). The Kier molecular flexibility index (Phi) is 6.19. The van der Waals surface area contributed by atoms with Crippen LogP contribution < -0.4 is 10.1 Å². The van der Waals surface area contributed by atoms with Gasteiger partial charge < -0.3 is 19.3 Å². The second-order valence-electron chi connectivity index (χ2n) is 6.25. The van der Waals surface area contributed by atoms with Crippen LogP contribution in [0.5, 0.6) is 5.75 Å². The van der Waals surface area contributed by atoms with Crippen molar-refractivity contribution in [3.05, 3.63) is 59.2 Å². The third-order valence-electron chi connectivity index (χ3n) is 3.94. The molecule has 2 heterocycles. The predicted molar refractivity (Wildman–Crippen MR) is 97.3 cm³/mol. The minimum Gasteiger partial charge on any atom is -0.496 e. The minimum atomic E-state index is -4.73. The number of nitrogens with one attached hydrogen (secondary N) is 1. The molecule has 30 heavy (non-hydrogen) atoms. The number of halogens is 3. The third kappa shape index (κ3) is 5.25. The largest absolute Gasteiger partial charge is 0.496 e. The van der Waals surface area contributed by atoms with Crippen LogP contribution in [-0.2, 0) is 24.1 Å². The normalized spacial score (nSPS) is 11.2. The molecule has 0 radical (unpaired) electrons. The molecule has 0 aliphatic heterocycles. The summed E-state index contributed by atoms with van der Waals surface area (Å²) in [5.41, 5.74) is 2.55. The molecule has 0 aliphatic rings. The highest BCUT2D eigenvalue weighted by molar-refractivity contribution is 5.67. The molecule has 0 saturated heterocycles. The summed E-state index contributed by atoms with van der Waals surface area (Å²) in [5, 5.41) is 5.92. The second-order valence-corrected chi connectivity index (χ2v) is 6.25. The van der Waals surface area contributed by atoms with Gasteiger partial charge in [-0.15, -0.1) is 0 Å². The molecule has 0 unspecified atom stereocenters. The first-order chi connectivity index (χ1) is 14.3. The van der Waals surface area contributed by atoms with Crippen LogP contribution in [0.25, 0.3) is 11.4 Å². The van der Waals surface area contributed by atoms with E-state index in [1.54, 1.807) is 18.5 Å². The molecule has 2 aromatic heterocycles. The lowest BCUT2D eigenvalue weighted by atomic mass is 10.1. The SMILES string of the molecule is COc1cc(-c2noc(C(F)(F)F)n2)ccc1CNC(=O)OCc1cncc(C)c1. The zero-order chi connectivity index (χ0) is 21.7. The number of alkyl carbamates (subject to hydrolysis) is 1. The molecule has 3 aromatic rings. The van der Waals surface area contributed by atoms with E-state index < -0.39 is 18.2 Å². The number of carbonyl (C=O) groups is 1. The first kappa shape index (κ1) is 21.1. The maximum atomic E-state index is 12.6. The molecule has 0 spiro atoms. The number of alkyl halides is 3. The Labute approximate surface area is 169 Å². The maximum Gasteiger partial charge on any atom is 0.471 e. The van der Waals surface area contributed by atoms with Crippen molar-refractivity contribution in [2.45, 2.75) is 26.3 Å². The number of carbonyl (C=O) groups excluding carboxylic acids is 1. The second kappa shape index (κ2) is 8.80. The summed E-state index contributed by atoms with van der Waals surface area (Å²) in [5.74, 6) is -1.34. The van der Waals surface area contributed by atoms with E-state index in [2.05, 4.69) is 25.0 Å². The third-order valence-corrected chi connectivity index (χ3v) is 3.94. The minimum absolute atomic E-state index is 0.0654. The van der Waals surface area contributed by atoms with Crippen LogP contribution in [0.1, 0.15) is 22.6 Å². The van der Waals surface area contributed by atoms with E-state index in [0.717, 1.165) is 11.1 Å². The number of rotatable bonds is 6. The van der Waals surface area contributed by atoms with Gasteiger partial charge in [0.2, 0.25) is 5.82 Å². The van der Waals surface area contributed by atoms with Crippen molar-refractivity contribution in [1.82, 2.24) is 20.4 Å². The van der Waals surface area contributed by atoms with Gasteiger partial charge in [-0.25, -0.2) is 4.79 Å². The first-order valence-corrected chi connectivity index (χ1v) is 8.65. The molecule has 1 amide bonds. The maximum absolute atomic E-state index is 12.6. The molecule has 1 N–H and O–H groups in total. The van der Waals surface area contributed by atoms with Gasteiger partial charge in [0.15, 0.2) is 0 Å². The van der Waals surface area contributed by atoms with Crippen LogP contribution in [0, 0.1) is 6.92 Å². The van der Waals surface area contributed by atoms with Gasteiger partial charge in [-0.1, -0.05) is 17.3 Å².